The van der Waals surface area contributed by atoms with Crippen molar-refractivity contribution in [3.8, 4) is 10.6 Å². The van der Waals surface area contributed by atoms with Crippen LogP contribution in [0.3, 0.4) is 0 Å². The second-order valence-electron chi connectivity index (χ2n) is 7.09. The van der Waals surface area contributed by atoms with Gasteiger partial charge in [-0.3, -0.25) is 9.69 Å². The molecule has 146 valence electrons. The third kappa shape index (κ3) is 4.48. The molecule has 0 unspecified atom stereocenters. The van der Waals surface area contributed by atoms with E-state index in [0.717, 1.165) is 52.5 Å². The fourth-order valence-electron chi connectivity index (χ4n) is 3.54. The average molecular weight is 413 g/mol. The number of nitrogens with zero attached hydrogens (tertiary/aromatic N) is 4. The lowest BCUT2D eigenvalue weighted by atomic mass is 10.2. The number of para-hydroxylation sites is 1. The molecule has 0 atom stereocenters. The Morgan fingerprint density at radius 1 is 1.07 bits per heavy atom. The molecule has 3 heterocycles. The number of Topliss-reactive ketones (excluding diaryl/α,β-unsaturated/α-hetero) is 1. The van der Waals surface area contributed by atoms with Gasteiger partial charge in [-0.15, -0.1) is 22.7 Å². The van der Waals surface area contributed by atoms with Crippen molar-refractivity contribution >= 4 is 34.1 Å². The van der Waals surface area contributed by atoms with Gasteiger partial charge in [0, 0.05) is 37.2 Å². The van der Waals surface area contributed by atoms with Crippen molar-refractivity contribution in [3.63, 3.8) is 0 Å². The second kappa shape index (κ2) is 8.51. The molecule has 4 rings (SSSR count). The van der Waals surface area contributed by atoms with E-state index >= 15 is 0 Å². The first-order chi connectivity index (χ1) is 13.6. The van der Waals surface area contributed by atoms with Crippen LogP contribution in [0.4, 0.5) is 5.69 Å². The minimum atomic E-state index is 0.242. The van der Waals surface area contributed by atoms with Crippen LogP contribution in [0.2, 0.25) is 0 Å². The first-order valence-electron chi connectivity index (χ1n) is 9.51. The molecule has 1 saturated heterocycles. The fraction of sp³-hybridized carbons (Fsp3) is 0.381. The smallest absolute Gasteiger partial charge is 0.153 e. The van der Waals surface area contributed by atoms with E-state index in [2.05, 4.69) is 44.0 Å². The van der Waals surface area contributed by atoms with Gasteiger partial charge in [-0.1, -0.05) is 18.2 Å². The van der Waals surface area contributed by atoms with Gasteiger partial charge in [-0.25, -0.2) is 9.97 Å². The zero-order chi connectivity index (χ0) is 19.5. The van der Waals surface area contributed by atoms with E-state index in [1.165, 1.54) is 5.69 Å². The van der Waals surface area contributed by atoms with E-state index < -0.39 is 0 Å². The number of thiazole rings is 2. The summed E-state index contributed by atoms with van der Waals surface area (Å²) in [4.78, 5) is 27.5. The molecular formula is C21H24N4OS2. The highest BCUT2D eigenvalue weighted by Crippen LogP contribution is 2.30. The standard InChI is InChI=1S/C21H24N4OS2/c1-15-21(28-16(2)22-15)19-14-27-20(23-19)12-18(26)13-24-8-10-25(11-9-24)17-6-4-3-5-7-17/h3-7,14H,8-13H2,1-2H3. The minimum absolute atomic E-state index is 0.242. The molecule has 7 heteroatoms. The summed E-state index contributed by atoms with van der Waals surface area (Å²) < 4.78 is 0. The molecule has 3 aromatic rings. The molecule has 1 aliphatic heterocycles. The van der Waals surface area contributed by atoms with Gasteiger partial charge in [0.1, 0.15) is 5.01 Å². The Bertz CT molecular complexity index is 942. The Kier molecular flexibility index (Phi) is 5.85. The zero-order valence-corrected chi connectivity index (χ0v) is 17.9. The van der Waals surface area contributed by atoms with Crippen molar-refractivity contribution < 1.29 is 4.79 Å². The van der Waals surface area contributed by atoms with Crippen LogP contribution in [-0.2, 0) is 11.2 Å². The molecule has 0 spiro atoms. The van der Waals surface area contributed by atoms with Gasteiger partial charge < -0.3 is 4.90 Å². The highest BCUT2D eigenvalue weighted by Gasteiger charge is 2.20. The number of aryl methyl sites for hydroxylation is 2. The molecule has 0 N–H and O–H groups in total. The molecule has 1 aromatic carbocycles. The van der Waals surface area contributed by atoms with Gasteiger partial charge in [0.25, 0.3) is 0 Å². The predicted molar refractivity (Wildman–Crippen MR) is 117 cm³/mol. The van der Waals surface area contributed by atoms with Crippen molar-refractivity contribution in [3.05, 3.63) is 51.4 Å². The number of anilines is 1. The third-order valence-electron chi connectivity index (χ3n) is 4.93. The lowest BCUT2D eigenvalue weighted by Gasteiger charge is -2.35. The molecule has 5 nitrogen and oxygen atoms in total. The average Bonchev–Trinajstić information content (AvgIpc) is 3.28. The molecule has 1 aliphatic rings. The SMILES string of the molecule is Cc1nc(C)c(-c2csc(CC(=O)CN3CCN(c4ccccc4)CC3)n2)s1. The summed E-state index contributed by atoms with van der Waals surface area (Å²) >= 11 is 3.23. The molecule has 0 saturated carbocycles. The van der Waals surface area contributed by atoms with Gasteiger partial charge >= 0.3 is 0 Å². The summed E-state index contributed by atoms with van der Waals surface area (Å²) in [5.74, 6) is 0.242. The van der Waals surface area contributed by atoms with E-state index in [1.54, 1.807) is 22.7 Å². The maximum absolute atomic E-state index is 12.6. The van der Waals surface area contributed by atoms with Crippen LogP contribution >= 0.6 is 22.7 Å². The first-order valence-corrected chi connectivity index (χ1v) is 11.2. The van der Waals surface area contributed by atoms with E-state index in [-0.39, 0.29) is 5.78 Å². The number of piperazine rings is 1. The number of carbonyl (C=O) groups excluding carboxylic acids is 1. The van der Waals surface area contributed by atoms with Gasteiger partial charge in [-0.2, -0.15) is 0 Å². The molecule has 2 aromatic heterocycles. The van der Waals surface area contributed by atoms with E-state index in [4.69, 9.17) is 0 Å². The first kappa shape index (κ1) is 19.2. The van der Waals surface area contributed by atoms with Crippen LogP contribution in [0.25, 0.3) is 10.6 Å². The van der Waals surface area contributed by atoms with E-state index in [1.807, 2.05) is 25.3 Å². The zero-order valence-electron chi connectivity index (χ0n) is 16.2. The molecule has 0 aliphatic carbocycles. The molecule has 0 radical (unpaired) electrons. The molecule has 1 fully saturated rings. The monoisotopic (exact) mass is 412 g/mol. The fourth-order valence-corrected chi connectivity index (χ4v) is 5.31. The van der Waals surface area contributed by atoms with Crippen molar-refractivity contribution in [2.24, 2.45) is 0 Å². The predicted octanol–water partition coefficient (Wildman–Crippen LogP) is 3.82. The third-order valence-corrected chi connectivity index (χ3v) is 6.87. The molecular weight excluding hydrogens is 388 g/mol. The largest absolute Gasteiger partial charge is 0.369 e. The summed E-state index contributed by atoms with van der Waals surface area (Å²) in [5.41, 5.74) is 3.23. The molecule has 28 heavy (non-hydrogen) atoms. The van der Waals surface area contributed by atoms with Crippen molar-refractivity contribution in [1.29, 1.82) is 0 Å². The number of carbonyl (C=O) groups is 1. The topological polar surface area (TPSA) is 49.3 Å². The second-order valence-corrected chi connectivity index (χ2v) is 9.23. The maximum Gasteiger partial charge on any atom is 0.153 e. The molecule has 0 bridgehead atoms. The number of aromatic nitrogens is 2. The lowest BCUT2D eigenvalue weighted by Crippen LogP contribution is -2.48. The Morgan fingerprint density at radius 3 is 2.50 bits per heavy atom. The Labute approximate surface area is 173 Å². The number of rotatable bonds is 6. The summed E-state index contributed by atoms with van der Waals surface area (Å²) in [7, 11) is 0. The lowest BCUT2D eigenvalue weighted by molar-refractivity contribution is -0.119. The number of benzene rings is 1. The Balaban J connectivity index is 1.29. The summed E-state index contributed by atoms with van der Waals surface area (Å²) in [5, 5.41) is 3.99. The van der Waals surface area contributed by atoms with E-state index in [0.29, 0.717) is 13.0 Å². The maximum atomic E-state index is 12.6. The van der Waals surface area contributed by atoms with E-state index in [9.17, 15) is 4.79 Å². The van der Waals surface area contributed by atoms with Gasteiger partial charge in [0.15, 0.2) is 5.78 Å². The van der Waals surface area contributed by atoms with Gasteiger partial charge in [0.2, 0.25) is 0 Å². The molecule has 0 amide bonds. The van der Waals surface area contributed by atoms with Crippen LogP contribution in [0, 0.1) is 13.8 Å². The van der Waals surface area contributed by atoms with Crippen LogP contribution < -0.4 is 4.90 Å². The van der Waals surface area contributed by atoms with Crippen LogP contribution in [0.5, 0.6) is 0 Å². The Morgan fingerprint density at radius 2 is 1.82 bits per heavy atom. The summed E-state index contributed by atoms with van der Waals surface area (Å²) in [6.07, 6.45) is 0.417. The summed E-state index contributed by atoms with van der Waals surface area (Å²) in [6.45, 7) is 8.29. The van der Waals surface area contributed by atoms with Crippen molar-refractivity contribution in [1.82, 2.24) is 14.9 Å². The highest BCUT2D eigenvalue weighted by atomic mass is 32.1. The van der Waals surface area contributed by atoms with Crippen molar-refractivity contribution in [2.75, 3.05) is 37.6 Å². The van der Waals surface area contributed by atoms with Crippen LogP contribution in [-0.4, -0.2) is 53.4 Å². The Hall–Kier alpha value is -2.09. The number of ketones is 1. The number of hydrogen-bond acceptors (Lipinski definition) is 7. The van der Waals surface area contributed by atoms with Gasteiger partial charge in [0.05, 0.1) is 34.2 Å². The summed E-state index contributed by atoms with van der Waals surface area (Å²) in [6, 6.07) is 10.5. The normalized spacial score (nSPS) is 15.1. The quantitative estimate of drug-likeness (QED) is 0.616. The van der Waals surface area contributed by atoms with Crippen LogP contribution in [0.1, 0.15) is 15.7 Å². The minimum Gasteiger partial charge on any atom is -0.369 e. The number of hydrogen-bond donors (Lipinski definition) is 0. The van der Waals surface area contributed by atoms with Gasteiger partial charge in [-0.05, 0) is 26.0 Å². The van der Waals surface area contributed by atoms with Crippen molar-refractivity contribution in [2.45, 2.75) is 20.3 Å². The van der Waals surface area contributed by atoms with Crippen LogP contribution in [0.15, 0.2) is 35.7 Å². The highest BCUT2D eigenvalue weighted by molar-refractivity contribution is 7.16.